The molecule has 1 amide bonds. The number of hydrogen-bond acceptors (Lipinski definition) is 6. The van der Waals surface area contributed by atoms with E-state index in [2.05, 4.69) is 18.1 Å². The molecule has 1 heterocycles. The lowest BCUT2D eigenvalue weighted by Crippen LogP contribution is -2.52. The van der Waals surface area contributed by atoms with Crippen molar-refractivity contribution in [2.45, 2.75) is 41.7 Å². The molecule has 158 valence electrons. The number of sulfonamides is 2. The summed E-state index contributed by atoms with van der Waals surface area (Å²) >= 11 is 4.34. The van der Waals surface area contributed by atoms with Gasteiger partial charge in [-0.15, -0.1) is 4.83 Å². The zero-order valence-corrected chi connectivity index (χ0v) is 18.5. The summed E-state index contributed by atoms with van der Waals surface area (Å²) in [6, 6.07) is 11.1. The molecule has 2 aromatic carbocycles. The van der Waals surface area contributed by atoms with E-state index in [9.17, 15) is 21.6 Å². The molecule has 2 atom stereocenters. The summed E-state index contributed by atoms with van der Waals surface area (Å²) in [6.07, 6.45) is 0.172. The second-order valence-electron chi connectivity index (χ2n) is 7.17. The van der Waals surface area contributed by atoms with Gasteiger partial charge in [-0.1, -0.05) is 30.3 Å². The number of hydrogen-bond donors (Lipinski definition) is 3. The SMILES string of the molecule is CC(C)S(=O)(=O)NNC(=O)[C@@H]1C[C@@H](S)CN1S(=O)(=O)c1ccc2ccccc2c1. The van der Waals surface area contributed by atoms with Gasteiger partial charge >= 0.3 is 0 Å². The quantitative estimate of drug-likeness (QED) is 0.447. The van der Waals surface area contributed by atoms with Crippen molar-refractivity contribution >= 4 is 49.4 Å². The van der Waals surface area contributed by atoms with E-state index >= 15 is 0 Å². The molecule has 8 nitrogen and oxygen atoms in total. The van der Waals surface area contributed by atoms with Gasteiger partial charge in [-0.2, -0.15) is 16.9 Å². The number of hydrazine groups is 1. The van der Waals surface area contributed by atoms with Crippen LogP contribution < -0.4 is 10.3 Å². The molecule has 0 spiro atoms. The Labute approximate surface area is 176 Å². The molecule has 0 unspecified atom stereocenters. The minimum absolute atomic E-state index is 0.0489. The monoisotopic (exact) mass is 457 g/mol. The molecule has 1 saturated heterocycles. The molecule has 1 aliphatic rings. The van der Waals surface area contributed by atoms with Crippen molar-refractivity contribution in [1.29, 1.82) is 0 Å². The zero-order chi connectivity index (χ0) is 21.4. The molecule has 0 bridgehead atoms. The number of benzene rings is 2. The molecule has 11 heteroatoms. The lowest BCUT2D eigenvalue weighted by Gasteiger charge is -2.23. The van der Waals surface area contributed by atoms with Crippen LogP contribution in [0.5, 0.6) is 0 Å². The summed E-state index contributed by atoms with van der Waals surface area (Å²) in [6.45, 7) is 2.97. The standard InChI is InChI=1S/C18H23N3O5S3/c1-12(2)28(23,24)20-19-18(22)17-10-15(27)11-21(17)29(25,26)16-8-7-13-5-3-4-6-14(13)9-16/h3-9,12,15,17,20,27H,10-11H2,1-2H3,(H,19,22)/t15-,17+/m1/s1. The van der Waals surface area contributed by atoms with E-state index in [1.54, 1.807) is 12.1 Å². The molecule has 0 saturated carbocycles. The van der Waals surface area contributed by atoms with Crippen LogP contribution in [0, 0.1) is 0 Å². The minimum atomic E-state index is -3.98. The molecule has 0 aromatic heterocycles. The average Bonchev–Trinajstić information content (AvgIpc) is 3.08. The molecule has 0 radical (unpaired) electrons. The van der Waals surface area contributed by atoms with E-state index < -0.39 is 37.2 Å². The number of carbonyl (C=O) groups excluding carboxylic acids is 1. The van der Waals surface area contributed by atoms with Gasteiger partial charge in [0.05, 0.1) is 10.1 Å². The zero-order valence-electron chi connectivity index (χ0n) is 15.9. The lowest BCUT2D eigenvalue weighted by molar-refractivity contribution is -0.124. The third-order valence-corrected chi connectivity index (χ3v) is 8.67. The molecule has 29 heavy (non-hydrogen) atoms. The van der Waals surface area contributed by atoms with Crippen LogP contribution >= 0.6 is 12.6 Å². The first-order valence-corrected chi connectivity index (χ1v) is 12.5. The van der Waals surface area contributed by atoms with E-state index in [1.165, 1.54) is 19.9 Å². The lowest BCUT2D eigenvalue weighted by atomic mass is 10.1. The van der Waals surface area contributed by atoms with E-state index in [4.69, 9.17) is 0 Å². The van der Waals surface area contributed by atoms with E-state index in [1.807, 2.05) is 29.1 Å². The number of nitrogens with zero attached hydrogens (tertiary/aromatic N) is 1. The number of rotatable bonds is 6. The average molecular weight is 458 g/mol. The Bertz CT molecular complexity index is 1130. The van der Waals surface area contributed by atoms with E-state index in [0.29, 0.717) is 0 Å². The van der Waals surface area contributed by atoms with Gasteiger partial charge in [0.2, 0.25) is 20.0 Å². The molecule has 2 N–H and O–H groups in total. The predicted molar refractivity (Wildman–Crippen MR) is 114 cm³/mol. The molecule has 1 aliphatic heterocycles. The van der Waals surface area contributed by atoms with Gasteiger partial charge in [0, 0.05) is 11.8 Å². The summed E-state index contributed by atoms with van der Waals surface area (Å²) in [4.78, 5) is 14.7. The van der Waals surface area contributed by atoms with Crippen molar-refractivity contribution in [3.8, 4) is 0 Å². The van der Waals surface area contributed by atoms with Crippen molar-refractivity contribution in [3.63, 3.8) is 0 Å². The smallest absolute Gasteiger partial charge is 0.253 e. The highest BCUT2D eigenvalue weighted by atomic mass is 32.2. The topological polar surface area (TPSA) is 113 Å². The van der Waals surface area contributed by atoms with Gasteiger partial charge < -0.3 is 0 Å². The van der Waals surface area contributed by atoms with Crippen LogP contribution in [-0.2, 0) is 24.8 Å². The highest BCUT2D eigenvalue weighted by Gasteiger charge is 2.43. The van der Waals surface area contributed by atoms with Crippen LogP contribution in [0.3, 0.4) is 0 Å². The van der Waals surface area contributed by atoms with Crippen LogP contribution in [0.15, 0.2) is 47.4 Å². The first-order chi connectivity index (χ1) is 13.5. The van der Waals surface area contributed by atoms with Crippen molar-refractivity contribution in [2.24, 2.45) is 0 Å². The van der Waals surface area contributed by atoms with Crippen LogP contribution in [0.4, 0.5) is 0 Å². The Hall–Kier alpha value is -1.66. The minimum Gasteiger partial charge on any atom is -0.277 e. The van der Waals surface area contributed by atoms with Gasteiger partial charge in [-0.3, -0.25) is 10.2 Å². The fraction of sp³-hybridized carbons (Fsp3) is 0.389. The third-order valence-electron chi connectivity index (χ3n) is 4.80. The maximum absolute atomic E-state index is 13.2. The summed E-state index contributed by atoms with van der Waals surface area (Å²) < 4.78 is 51.3. The highest BCUT2D eigenvalue weighted by Crippen LogP contribution is 2.30. The van der Waals surface area contributed by atoms with Crippen molar-refractivity contribution in [3.05, 3.63) is 42.5 Å². The van der Waals surface area contributed by atoms with Gasteiger partial charge in [-0.25, -0.2) is 16.8 Å². The maximum atomic E-state index is 13.2. The first-order valence-electron chi connectivity index (χ1n) is 9.01. The Morgan fingerprint density at radius 3 is 2.41 bits per heavy atom. The van der Waals surface area contributed by atoms with Crippen molar-refractivity contribution < 1.29 is 21.6 Å². The molecule has 2 aromatic rings. The highest BCUT2D eigenvalue weighted by molar-refractivity contribution is 7.90. The van der Waals surface area contributed by atoms with Crippen LogP contribution in [0.1, 0.15) is 20.3 Å². The van der Waals surface area contributed by atoms with Gasteiger partial charge in [0.1, 0.15) is 6.04 Å². The number of amides is 1. The predicted octanol–water partition coefficient (Wildman–Crippen LogP) is 1.26. The number of nitrogens with one attached hydrogen (secondary N) is 2. The summed E-state index contributed by atoms with van der Waals surface area (Å²) in [5, 5.41) is 0.572. The molecular weight excluding hydrogens is 434 g/mol. The van der Waals surface area contributed by atoms with E-state index in [-0.39, 0.29) is 23.1 Å². The second kappa shape index (κ2) is 8.23. The molecular formula is C18H23N3O5S3. The maximum Gasteiger partial charge on any atom is 0.253 e. The van der Waals surface area contributed by atoms with Gasteiger partial charge in [-0.05, 0) is 43.2 Å². The number of thiol groups is 1. The fourth-order valence-electron chi connectivity index (χ4n) is 3.07. The van der Waals surface area contributed by atoms with Gasteiger partial charge in [0.25, 0.3) is 5.91 Å². The first kappa shape index (κ1) is 22.0. The fourth-order valence-corrected chi connectivity index (χ4v) is 5.72. The Balaban J connectivity index is 1.87. The summed E-state index contributed by atoms with van der Waals surface area (Å²) in [7, 11) is -7.72. The van der Waals surface area contributed by atoms with Gasteiger partial charge in [0.15, 0.2) is 0 Å². The van der Waals surface area contributed by atoms with Crippen LogP contribution in [0.2, 0.25) is 0 Å². The van der Waals surface area contributed by atoms with Crippen LogP contribution in [0.25, 0.3) is 10.8 Å². The Morgan fingerprint density at radius 2 is 1.76 bits per heavy atom. The van der Waals surface area contributed by atoms with Crippen molar-refractivity contribution in [1.82, 2.24) is 14.6 Å². The van der Waals surface area contributed by atoms with E-state index in [0.717, 1.165) is 15.1 Å². The largest absolute Gasteiger partial charge is 0.277 e. The normalized spacial score (nSPS) is 21.0. The van der Waals surface area contributed by atoms with Crippen molar-refractivity contribution in [2.75, 3.05) is 6.54 Å². The summed E-state index contributed by atoms with van der Waals surface area (Å²) in [5.41, 5.74) is 2.13. The summed E-state index contributed by atoms with van der Waals surface area (Å²) in [5.74, 6) is -0.741. The Kier molecular flexibility index (Phi) is 6.25. The van der Waals surface area contributed by atoms with Crippen LogP contribution in [-0.4, -0.2) is 50.1 Å². The molecule has 0 aliphatic carbocycles. The molecule has 3 rings (SSSR count). The number of fused-ring (bicyclic) bond motifs is 1. The Morgan fingerprint density at radius 1 is 1.10 bits per heavy atom. The number of carbonyl (C=O) groups is 1. The third kappa shape index (κ3) is 4.58. The second-order valence-corrected chi connectivity index (χ2v) is 12.0. The molecule has 1 fully saturated rings.